The van der Waals surface area contributed by atoms with Gasteiger partial charge in [-0.3, -0.25) is 9.80 Å². The fraction of sp³-hybridized carbons (Fsp3) is 0.318. The first kappa shape index (κ1) is 20.5. The van der Waals surface area contributed by atoms with Gasteiger partial charge in [-0.05, 0) is 42.0 Å². The van der Waals surface area contributed by atoms with Gasteiger partial charge in [-0.2, -0.15) is 4.98 Å². The number of halogens is 1. The molecule has 1 aliphatic heterocycles. The number of nitrogens with zero attached hydrogens (tertiary/aromatic N) is 4. The van der Waals surface area contributed by atoms with E-state index in [1.807, 2.05) is 42.5 Å². The summed E-state index contributed by atoms with van der Waals surface area (Å²) in [5.41, 5.74) is 2.57. The molecule has 156 valence electrons. The predicted molar refractivity (Wildman–Crippen MR) is 113 cm³/mol. The van der Waals surface area contributed by atoms with Crippen LogP contribution in [-0.2, 0) is 17.8 Å². The molecule has 3 aromatic rings. The second kappa shape index (κ2) is 9.38. The number of ether oxygens (including phenoxy) is 1. The molecule has 0 unspecified atom stereocenters. The summed E-state index contributed by atoms with van der Waals surface area (Å²) in [4.78, 5) is 20.9. The van der Waals surface area contributed by atoms with E-state index in [4.69, 9.17) is 20.9 Å². The number of benzene rings is 2. The van der Waals surface area contributed by atoms with Gasteiger partial charge in [-0.1, -0.05) is 28.9 Å². The standard InChI is InChI=1S/C22H23ClN4O3/c1-29-22(28)18-4-2-3-16(13-18)14-26-9-11-27(12-10-26)15-20-24-21(25-30-20)17-5-7-19(23)8-6-17/h2-8,13H,9-12,14-15H2,1H3. The first-order valence-electron chi connectivity index (χ1n) is 9.81. The maximum atomic E-state index is 11.7. The minimum atomic E-state index is -0.306. The van der Waals surface area contributed by atoms with Crippen LogP contribution < -0.4 is 0 Å². The van der Waals surface area contributed by atoms with Gasteiger partial charge in [0.2, 0.25) is 11.7 Å². The number of carbonyl (C=O) groups excluding carboxylic acids is 1. The third kappa shape index (κ3) is 5.05. The lowest BCUT2D eigenvalue weighted by atomic mass is 10.1. The summed E-state index contributed by atoms with van der Waals surface area (Å²) in [7, 11) is 1.40. The molecule has 4 rings (SSSR count). The van der Waals surface area contributed by atoms with E-state index in [0.717, 1.165) is 43.9 Å². The van der Waals surface area contributed by atoms with Gasteiger partial charge >= 0.3 is 5.97 Å². The van der Waals surface area contributed by atoms with Crippen LogP contribution >= 0.6 is 11.6 Å². The number of esters is 1. The van der Waals surface area contributed by atoms with E-state index in [2.05, 4.69) is 19.9 Å². The Morgan fingerprint density at radius 2 is 1.77 bits per heavy atom. The predicted octanol–water partition coefficient (Wildman–Crippen LogP) is 3.49. The topological polar surface area (TPSA) is 71.7 Å². The molecular formula is C22H23ClN4O3. The summed E-state index contributed by atoms with van der Waals surface area (Å²) in [6, 6.07) is 15.0. The molecule has 7 nitrogen and oxygen atoms in total. The third-order valence-corrected chi connectivity index (χ3v) is 5.40. The quantitative estimate of drug-likeness (QED) is 0.558. The lowest BCUT2D eigenvalue weighted by molar-refractivity contribution is 0.0600. The first-order valence-corrected chi connectivity index (χ1v) is 10.2. The minimum Gasteiger partial charge on any atom is -0.465 e. The molecule has 1 aromatic heterocycles. The van der Waals surface area contributed by atoms with Crippen molar-refractivity contribution in [2.45, 2.75) is 13.1 Å². The van der Waals surface area contributed by atoms with Crippen LogP contribution in [0.1, 0.15) is 21.8 Å². The van der Waals surface area contributed by atoms with Gasteiger partial charge in [0.25, 0.3) is 0 Å². The van der Waals surface area contributed by atoms with Crippen LogP contribution in [-0.4, -0.2) is 59.2 Å². The van der Waals surface area contributed by atoms with E-state index in [0.29, 0.717) is 28.8 Å². The van der Waals surface area contributed by atoms with Crippen LogP contribution in [0.4, 0.5) is 0 Å². The van der Waals surface area contributed by atoms with Crippen molar-refractivity contribution in [1.29, 1.82) is 0 Å². The molecule has 0 aliphatic carbocycles. The molecule has 1 fully saturated rings. The number of aromatic nitrogens is 2. The molecule has 2 aromatic carbocycles. The monoisotopic (exact) mass is 426 g/mol. The number of piperazine rings is 1. The van der Waals surface area contributed by atoms with Crippen molar-refractivity contribution in [3.63, 3.8) is 0 Å². The highest BCUT2D eigenvalue weighted by Crippen LogP contribution is 2.19. The molecule has 0 bridgehead atoms. The van der Waals surface area contributed by atoms with Crippen molar-refractivity contribution >= 4 is 17.6 Å². The van der Waals surface area contributed by atoms with Crippen LogP contribution in [0.3, 0.4) is 0 Å². The van der Waals surface area contributed by atoms with Crippen LogP contribution in [0, 0.1) is 0 Å². The van der Waals surface area contributed by atoms with Crippen molar-refractivity contribution in [2.24, 2.45) is 0 Å². The molecule has 0 radical (unpaired) electrons. The van der Waals surface area contributed by atoms with Gasteiger partial charge in [0.1, 0.15) is 0 Å². The van der Waals surface area contributed by atoms with Gasteiger partial charge in [0.15, 0.2) is 0 Å². The maximum absolute atomic E-state index is 11.7. The number of carbonyl (C=O) groups is 1. The van der Waals surface area contributed by atoms with Gasteiger partial charge in [-0.25, -0.2) is 4.79 Å². The molecular weight excluding hydrogens is 404 g/mol. The molecule has 0 N–H and O–H groups in total. The first-order chi connectivity index (χ1) is 14.6. The van der Waals surface area contributed by atoms with E-state index in [9.17, 15) is 4.79 Å². The van der Waals surface area contributed by atoms with Gasteiger partial charge in [-0.15, -0.1) is 0 Å². The third-order valence-electron chi connectivity index (χ3n) is 5.15. The van der Waals surface area contributed by atoms with Gasteiger partial charge < -0.3 is 9.26 Å². The molecule has 0 atom stereocenters. The maximum Gasteiger partial charge on any atom is 0.337 e. The summed E-state index contributed by atoms with van der Waals surface area (Å²) < 4.78 is 10.2. The number of hydrogen-bond donors (Lipinski definition) is 0. The van der Waals surface area contributed by atoms with Crippen molar-refractivity contribution in [3.05, 3.63) is 70.6 Å². The summed E-state index contributed by atoms with van der Waals surface area (Å²) in [6.07, 6.45) is 0. The van der Waals surface area contributed by atoms with Crippen LogP contribution in [0.5, 0.6) is 0 Å². The van der Waals surface area contributed by atoms with Crippen molar-refractivity contribution in [1.82, 2.24) is 19.9 Å². The number of methoxy groups -OCH3 is 1. The second-order valence-electron chi connectivity index (χ2n) is 7.26. The average molecular weight is 427 g/mol. The largest absolute Gasteiger partial charge is 0.465 e. The molecule has 2 heterocycles. The normalized spacial score (nSPS) is 15.3. The Morgan fingerprint density at radius 1 is 1.07 bits per heavy atom. The van der Waals surface area contributed by atoms with E-state index in [1.165, 1.54) is 7.11 Å². The Bertz CT molecular complexity index is 998. The highest BCUT2D eigenvalue weighted by Gasteiger charge is 2.20. The number of hydrogen-bond acceptors (Lipinski definition) is 7. The Kier molecular flexibility index (Phi) is 6.42. The summed E-state index contributed by atoms with van der Waals surface area (Å²) in [5.74, 6) is 0.879. The SMILES string of the molecule is COC(=O)c1cccc(CN2CCN(Cc3nc(-c4ccc(Cl)cc4)no3)CC2)c1. The lowest BCUT2D eigenvalue weighted by Crippen LogP contribution is -2.45. The van der Waals surface area contributed by atoms with E-state index < -0.39 is 0 Å². The fourth-order valence-electron chi connectivity index (χ4n) is 3.50. The zero-order valence-electron chi connectivity index (χ0n) is 16.8. The Morgan fingerprint density at radius 3 is 2.47 bits per heavy atom. The average Bonchev–Trinajstić information content (AvgIpc) is 3.24. The van der Waals surface area contributed by atoms with Gasteiger partial charge in [0, 0.05) is 43.3 Å². The van der Waals surface area contributed by atoms with Crippen LogP contribution in [0.15, 0.2) is 53.1 Å². The van der Waals surface area contributed by atoms with E-state index in [1.54, 1.807) is 6.07 Å². The molecule has 8 heteroatoms. The van der Waals surface area contributed by atoms with E-state index in [-0.39, 0.29) is 5.97 Å². The molecule has 1 saturated heterocycles. The zero-order valence-corrected chi connectivity index (χ0v) is 17.5. The van der Waals surface area contributed by atoms with Crippen molar-refractivity contribution in [2.75, 3.05) is 33.3 Å². The number of rotatable bonds is 6. The zero-order chi connectivity index (χ0) is 20.9. The smallest absolute Gasteiger partial charge is 0.337 e. The highest BCUT2D eigenvalue weighted by molar-refractivity contribution is 6.30. The van der Waals surface area contributed by atoms with Gasteiger partial charge in [0.05, 0.1) is 19.2 Å². The molecule has 1 aliphatic rings. The summed E-state index contributed by atoms with van der Waals surface area (Å²) >= 11 is 5.93. The van der Waals surface area contributed by atoms with Crippen molar-refractivity contribution < 1.29 is 14.1 Å². The molecule has 0 saturated carbocycles. The fourth-order valence-corrected chi connectivity index (χ4v) is 3.63. The Balaban J connectivity index is 1.29. The van der Waals surface area contributed by atoms with E-state index >= 15 is 0 Å². The highest BCUT2D eigenvalue weighted by atomic mass is 35.5. The summed E-state index contributed by atoms with van der Waals surface area (Å²) in [6.45, 7) is 5.12. The van der Waals surface area contributed by atoms with Crippen molar-refractivity contribution in [3.8, 4) is 11.4 Å². The summed E-state index contributed by atoms with van der Waals surface area (Å²) in [5, 5.41) is 4.76. The molecule has 0 amide bonds. The minimum absolute atomic E-state index is 0.306. The van der Waals surface area contributed by atoms with Crippen LogP contribution in [0.2, 0.25) is 5.02 Å². The molecule has 0 spiro atoms. The second-order valence-corrected chi connectivity index (χ2v) is 7.70. The lowest BCUT2D eigenvalue weighted by Gasteiger charge is -2.33. The van der Waals surface area contributed by atoms with Crippen LogP contribution in [0.25, 0.3) is 11.4 Å². The Labute approximate surface area is 180 Å². The Hall–Kier alpha value is -2.74. The molecule has 30 heavy (non-hydrogen) atoms.